The SMILES string of the molecule is CCO[C@@H]1OC(C(=O)N2CC2)=C[C@H](c2ccc(C(F)(F)F)cc2)[C@@H]1CCCO. The zero-order chi connectivity index (χ0) is 20.3. The predicted molar refractivity (Wildman–Crippen MR) is 95.2 cm³/mol. The summed E-state index contributed by atoms with van der Waals surface area (Å²) < 4.78 is 50.2. The van der Waals surface area contributed by atoms with Crippen LogP contribution in [0.5, 0.6) is 0 Å². The summed E-state index contributed by atoms with van der Waals surface area (Å²) in [4.78, 5) is 14.1. The summed E-state index contributed by atoms with van der Waals surface area (Å²) in [6.45, 7) is 3.49. The number of hydrogen-bond donors (Lipinski definition) is 1. The van der Waals surface area contributed by atoms with E-state index in [9.17, 15) is 23.1 Å². The fourth-order valence-electron chi connectivity index (χ4n) is 3.44. The number of nitrogens with zero attached hydrogens (tertiary/aromatic N) is 1. The second-order valence-corrected chi connectivity index (χ2v) is 6.94. The Morgan fingerprint density at radius 1 is 1.29 bits per heavy atom. The molecule has 2 heterocycles. The lowest BCUT2D eigenvalue weighted by molar-refractivity contribution is -0.168. The molecule has 5 nitrogen and oxygen atoms in total. The van der Waals surface area contributed by atoms with Crippen LogP contribution in [-0.4, -0.2) is 48.5 Å². The minimum absolute atomic E-state index is 0.0155. The molecule has 0 bridgehead atoms. The van der Waals surface area contributed by atoms with E-state index >= 15 is 0 Å². The van der Waals surface area contributed by atoms with Gasteiger partial charge < -0.3 is 19.5 Å². The van der Waals surface area contributed by atoms with Crippen molar-refractivity contribution in [3.8, 4) is 0 Å². The van der Waals surface area contributed by atoms with Crippen molar-refractivity contribution < 1.29 is 32.5 Å². The second-order valence-electron chi connectivity index (χ2n) is 6.94. The smallest absolute Gasteiger partial charge is 0.416 e. The molecule has 2 aliphatic heterocycles. The number of amides is 1. The maximum absolute atomic E-state index is 12.9. The third kappa shape index (κ3) is 4.67. The van der Waals surface area contributed by atoms with Crippen LogP contribution in [0.4, 0.5) is 13.2 Å². The highest BCUT2D eigenvalue weighted by Crippen LogP contribution is 2.41. The van der Waals surface area contributed by atoms with Crippen molar-refractivity contribution in [3.63, 3.8) is 0 Å². The number of carbonyl (C=O) groups excluding carboxylic acids is 1. The first-order chi connectivity index (χ1) is 13.3. The summed E-state index contributed by atoms with van der Waals surface area (Å²) in [5, 5.41) is 9.23. The monoisotopic (exact) mass is 399 g/mol. The Hall–Kier alpha value is -2.06. The predicted octanol–water partition coefficient (Wildman–Crippen LogP) is 3.30. The lowest BCUT2D eigenvalue weighted by Gasteiger charge is -2.37. The number of carbonyl (C=O) groups is 1. The van der Waals surface area contributed by atoms with Crippen LogP contribution in [0.1, 0.15) is 36.8 Å². The number of ether oxygens (including phenoxy) is 2. The van der Waals surface area contributed by atoms with E-state index in [-0.39, 0.29) is 30.1 Å². The average Bonchev–Trinajstić information content (AvgIpc) is 3.51. The maximum atomic E-state index is 12.9. The first-order valence-electron chi connectivity index (χ1n) is 9.42. The third-order valence-corrected chi connectivity index (χ3v) is 4.98. The number of benzene rings is 1. The highest BCUT2D eigenvalue weighted by molar-refractivity contribution is 5.93. The van der Waals surface area contributed by atoms with Crippen molar-refractivity contribution in [1.29, 1.82) is 0 Å². The number of allylic oxidation sites excluding steroid dienone is 1. The quantitative estimate of drug-likeness (QED) is 0.715. The Morgan fingerprint density at radius 3 is 2.50 bits per heavy atom. The first kappa shape index (κ1) is 20.7. The van der Waals surface area contributed by atoms with E-state index in [4.69, 9.17) is 9.47 Å². The van der Waals surface area contributed by atoms with Crippen LogP contribution in [0.15, 0.2) is 36.1 Å². The molecule has 0 spiro atoms. The number of hydrogen-bond acceptors (Lipinski definition) is 4. The summed E-state index contributed by atoms with van der Waals surface area (Å²) in [5.41, 5.74) is -0.0685. The summed E-state index contributed by atoms with van der Waals surface area (Å²) in [6.07, 6.45) is -2.38. The first-order valence-corrected chi connectivity index (χ1v) is 9.42. The maximum Gasteiger partial charge on any atom is 0.416 e. The molecule has 1 aromatic carbocycles. The molecule has 0 radical (unpaired) electrons. The van der Waals surface area contributed by atoms with Gasteiger partial charge in [0.2, 0.25) is 6.29 Å². The van der Waals surface area contributed by atoms with E-state index in [1.807, 2.05) is 6.92 Å². The molecule has 1 aromatic rings. The fourth-order valence-corrected chi connectivity index (χ4v) is 3.44. The molecular weight excluding hydrogens is 375 g/mol. The van der Waals surface area contributed by atoms with Gasteiger partial charge in [0.25, 0.3) is 5.91 Å². The molecule has 0 saturated carbocycles. The molecule has 3 rings (SSSR count). The number of halogens is 3. The van der Waals surface area contributed by atoms with Crippen LogP contribution < -0.4 is 0 Å². The van der Waals surface area contributed by atoms with Gasteiger partial charge in [-0.1, -0.05) is 12.1 Å². The van der Waals surface area contributed by atoms with Gasteiger partial charge in [0.1, 0.15) is 0 Å². The van der Waals surface area contributed by atoms with Gasteiger partial charge in [0.15, 0.2) is 5.76 Å². The summed E-state index contributed by atoms with van der Waals surface area (Å²) in [6, 6.07) is 4.96. The standard InChI is InChI=1S/C20H24F3NO4/c1-2-27-19-15(4-3-11-25)16(12-17(28-19)18(26)24-9-10-24)13-5-7-14(8-6-13)20(21,22)23/h5-8,12,15-16,19,25H,2-4,9-11H2,1H3/t15-,16+,19+/m0/s1. The number of alkyl halides is 3. The van der Waals surface area contributed by atoms with Crippen molar-refractivity contribution in [1.82, 2.24) is 4.90 Å². The van der Waals surface area contributed by atoms with Gasteiger partial charge in [-0.15, -0.1) is 0 Å². The van der Waals surface area contributed by atoms with Gasteiger partial charge in [0, 0.05) is 38.1 Å². The Morgan fingerprint density at radius 2 is 1.96 bits per heavy atom. The molecular formula is C20H24F3NO4. The van der Waals surface area contributed by atoms with Gasteiger partial charge in [-0.3, -0.25) is 4.79 Å². The number of aliphatic hydroxyl groups is 1. The zero-order valence-corrected chi connectivity index (χ0v) is 15.6. The average molecular weight is 399 g/mol. The van der Waals surface area contributed by atoms with Crippen molar-refractivity contribution in [2.24, 2.45) is 5.92 Å². The molecule has 1 saturated heterocycles. The molecule has 8 heteroatoms. The van der Waals surface area contributed by atoms with E-state index in [0.717, 1.165) is 12.1 Å². The minimum atomic E-state index is -4.41. The topological polar surface area (TPSA) is 58.8 Å². The lowest BCUT2D eigenvalue weighted by atomic mass is 9.80. The highest BCUT2D eigenvalue weighted by Gasteiger charge is 2.40. The molecule has 2 aliphatic rings. The van der Waals surface area contributed by atoms with E-state index in [1.165, 1.54) is 12.1 Å². The van der Waals surface area contributed by atoms with Gasteiger partial charge in [-0.25, -0.2) is 0 Å². The van der Waals surface area contributed by atoms with Crippen molar-refractivity contribution in [3.05, 3.63) is 47.2 Å². The Bertz CT molecular complexity index is 713. The van der Waals surface area contributed by atoms with Gasteiger partial charge >= 0.3 is 6.18 Å². The van der Waals surface area contributed by atoms with Crippen LogP contribution in [-0.2, 0) is 20.4 Å². The largest absolute Gasteiger partial charge is 0.459 e. The molecule has 1 N–H and O–H groups in total. The van der Waals surface area contributed by atoms with Crippen LogP contribution in [0, 0.1) is 5.92 Å². The van der Waals surface area contributed by atoms with Crippen LogP contribution in [0.2, 0.25) is 0 Å². The van der Waals surface area contributed by atoms with E-state index < -0.39 is 18.0 Å². The molecule has 0 aliphatic carbocycles. The molecule has 3 atom stereocenters. The number of rotatable bonds is 7. The van der Waals surface area contributed by atoms with Gasteiger partial charge in [0.05, 0.1) is 5.56 Å². The second kappa shape index (κ2) is 8.53. The summed E-state index contributed by atoms with van der Waals surface area (Å²) in [7, 11) is 0. The molecule has 1 fully saturated rings. The Balaban J connectivity index is 1.95. The van der Waals surface area contributed by atoms with Gasteiger partial charge in [-0.05, 0) is 43.5 Å². The Kier molecular flexibility index (Phi) is 6.30. The molecule has 154 valence electrons. The van der Waals surface area contributed by atoms with Crippen LogP contribution >= 0.6 is 0 Å². The number of aliphatic hydroxyl groups excluding tert-OH is 1. The lowest BCUT2D eigenvalue weighted by Crippen LogP contribution is -2.37. The van der Waals surface area contributed by atoms with Crippen molar-refractivity contribution >= 4 is 5.91 Å². The van der Waals surface area contributed by atoms with Crippen LogP contribution in [0.25, 0.3) is 0 Å². The molecule has 0 aromatic heterocycles. The highest BCUT2D eigenvalue weighted by atomic mass is 19.4. The van der Waals surface area contributed by atoms with Crippen molar-refractivity contribution in [2.75, 3.05) is 26.3 Å². The fraction of sp³-hybridized carbons (Fsp3) is 0.550. The van der Waals surface area contributed by atoms with E-state index in [1.54, 1.807) is 11.0 Å². The Labute approximate surface area is 161 Å². The normalized spacial score (nSPS) is 24.5. The summed E-state index contributed by atoms with van der Waals surface area (Å²) in [5.74, 6) is -0.643. The zero-order valence-electron chi connectivity index (χ0n) is 15.6. The molecule has 28 heavy (non-hydrogen) atoms. The third-order valence-electron chi connectivity index (χ3n) is 4.98. The van der Waals surface area contributed by atoms with E-state index in [0.29, 0.717) is 38.1 Å². The minimum Gasteiger partial charge on any atom is -0.459 e. The molecule has 0 unspecified atom stereocenters. The molecule has 1 amide bonds. The van der Waals surface area contributed by atoms with Crippen LogP contribution in [0.3, 0.4) is 0 Å². The van der Waals surface area contributed by atoms with Crippen molar-refractivity contribution in [2.45, 2.75) is 38.1 Å². The van der Waals surface area contributed by atoms with Gasteiger partial charge in [-0.2, -0.15) is 13.2 Å². The summed E-state index contributed by atoms with van der Waals surface area (Å²) >= 11 is 0. The van der Waals surface area contributed by atoms with E-state index in [2.05, 4.69) is 0 Å².